The number of pyridine rings is 1. The van der Waals surface area contributed by atoms with Crippen molar-refractivity contribution in [2.75, 3.05) is 0 Å². The van der Waals surface area contributed by atoms with Crippen molar-refractivity contribution in [3.05, 3.63) is 60.1 Å². The molecule has 6 heteroatoms. The largest absolute Gasteiger partial charge is 0.473 e. The molecule has 4 rings (SSSR count). The van der Waals surface area contributed by atoms with Crippen molar-refractivity contribution in [1.29, 1.82) is 0 Å². The lowest BCUT2D eigenvalue weighted by molar-refractivity contribution is 0.0945. The molecule has 3 aromatic rings. The van der Waals surface area contributed by atoms with Gasteiger partial charge in [-0.3, -0.25) is 9.78 Å². The number of hydrogen-bond acceptors (Lipinski definition) is 4. The van der Waals surface area contributed by atoms with E-state index in [-0.39, 0.29) is 5.91 Å². The molecule has 0 radical (unpaired) electrons. The molecule has 5 nitrogen and oxygen atoms in total. The molecule has 0 saturated heterocycles. The molecule has 1 aromatic carbocycles. The number of hydrogen-bond donors (Lipinski definition) is 1. The summed E-state index contributed by atoms with van der Waals surface area (Å²) in [5, 5.41) is 3.90. The number of aromatic nitrogens is 1. The highest BCUT2D eigenvalue weighted by atomic mass is 35.5. The quantitative estimate of drug-likeness (QED) is 0.675. The van der Waals surface area contributed by atoms with E-state index in [0.29, 0.717) is 23.8 Å². The van der Waals surface area contributed by atoms with Gasteiger partial charge in [0.2, 0.25) is 0 Å². The minimum atomic E-state index is -0.405. The number of carbonyl (C=O) groups is 1. The third-order valence-electron chi connectivity index (χ3n) is 4.23. The standard InChI is InChI=1S/C19H17ClN2O3/c20-18(13-2-3-13)25-17-5-7-21-11-15(17)19(23)22-10-12-1-4-16-14(9-12)6-8-24-16/h1,4-9,11,13,18H,2-3,10H2,(H,22,23)/t18-/m0/s1. The number of halogens is 1. The first-order valence-corrected chi connectivity index (χ1v) is 8.63. The first kappa shape index (κ1) is 16.0. The van der Waals surface area contributed by atoms with Crippen LogP contribution in [0.15, 0.2) is 53.4 Å². The van der Waals surface area contributed by atoms with Gasteiger partial charge < -0.3 is 14.5 Å². The van der Waals surface area contributed by atoms with Gasteiger partial charge in [0, 0.05) is 30.2 Å². The molecular weight excluding hydrogens is 340 g/mol. The zero-order valence-electron chi connectivity index (χ0n) is 13.4. The average Bonchev–Trinajstić information content (AvgIpc) is 3.38. The lowest BCUT2D eigenvalue weighted by Gasteiger charge is -2.15. The van der Waals surface area contributed by atoms with Gasteiger partial charge in [-0.05, 0) is 42.7 Å². The molecule has 0 bridgehead atoms. The molecule has 0 aliphatic heterocycles. The van der Waals surface area contributed by atoms with Crippen LogP contribution in [0.3, 0.4) is 0 Å². The van der Waals surface area contributed by atoms with Gasteiger partial charge in [0.1, 0.15) is 11.3 Å². The van der Waals surface area contributed by atoms with E-state index >= 15 is 0 Å². The third kappa shape index (κ3) is 3.61. The number of nitrogens with one attached hydrogen (secondary N) is 1. The SMILES string of the molecule is O=C(NCc1ccc2occc2c1)c1cnccc1O[C@H](Cl)C1CC1. The summed E-state index contributed by atoms with van der Waals surface area (Å²) in [6.07, 6.45) is 6.87. The monoisotopic (exact) mass is 356 g/mol. The molecule has 128 valence electrons. The van der Waals surface area contributed by atoms with Crippen LogP contribution in [-0.4, -0.2) is 16.5 Å². The molecule has 2 aromatic heterocycles. The Morgan fingerprint density at radius 1 is 1.36 bits per heavy atom. The molecule has 1 amide bonds. The summed E-state index contributed by atoms with van der Waals surface area (Å²) in [6, 6.07) is 9.37. The van der Waals surface area contributed by atoms with Gasteiger partial charge in [0.15, 0.2) is 5.56 Å². The number of alkyl halides is 1. The number of furan rings is 1. The molecule has 1 fully saturated rings. The second-order valence-electron chi connectivity index (χ2n) is 6.15. The highest BCUT2D eigenvalue weighted by Gasteiger charge is 2.32. The fourth-order valence-electron chi connectivity index (χ4n) is 2.63. The highest BCUT2D eigenvalue weighted by molar-refractivity contribution is 6.20. The fraction of sp³-hybridized carbons (Fsp3) is 0.263. The van der Waals surface area contributed by atoms with E-state index in [2.05, 4.69) is 10.3 Å². The molecule has 2 heterocycles. The van der Waals surface area contributed by atoms with E-state index in [1.807, 2.05) is 24.3 Å². The smallest absolute Gasteiger partial charge is 0.256 e. The normalized spacial score (nSPS) is 15.1. The first-order chi connectivity index (χ1) is 12.2. The molecule has 1 atom stereocenters. The topological polar surface area (TPSA) is 64.4 Å². The summed E-state index contributed by atoms with van der Waals surface area (Å²) in [6.45, 7) is 0.404. The van der Waals surface area contributed by atoms with Crippen molar-refractivity contribution in [2.45, 2.75) is 24.9 Å². The van der Waals surface area contributed by atoms with Crippen molar-refractivity contribution < 1.29 is 13.9 Å². The summed E-state index contributed by atoms with van der Waals surface area (Å²) in [5.74, 6) is 0.590. The highest BCUT2D eigenvalue weighted by Crippen LogP contribution is 2.37. The number of nitrogens with zero attached hydrogens (tertiary/aromatic N) is 1. The van der Waals surface area contributed by atoms with Crippen molar-refractivity contribution in [3.8, 4) is 5.75 Å². The van der Waals surface area contributed by atoms with Crippen molar-refractivity contribution in [2.24, 2.45) is 5.92 Å². The Morgan fingerprint density at radius 3 is 3.08 bits per heavy atom. The zero-order valence-corrected chi connectivity index (χ0v) is 14.2. The maximum atomic E-state index is 12.5. The second kappa shape index (κ2) is 6.76. The van der Waals surface area contributed by atoms with Crippen molar-refractivity contribution in [3.63, 3.8) is 0 Å². The van der Waals surface area contributed by atoms with E-state index in [4.69, 9.17) is 20.8 Å². The van der Waals surface area contributed by atoms with E-state index in [1.165, 1.54) is 6.20 Å². The molecule has 0 unspecified atom stereocenters. The van der Waals surface area contributed by atoms with Crippen molar-refractivity contribution >= 4 is 28.5 Å². The number of rotatable bonds is 6. The fourth-order valence-corrected chi connectivity index (χ4v) is 2.98. The van der Waals surface area contributed by atoms with Crippen LogP contribution in [0.4, 0.5) is 0 Å². The summed E-state index contributed by atoms with van der Waals surface area (Å²) in [7, 11) is 0. The molecule has 1 aliphatic rings. The summed E-state index contributed by atoms with van der Waals surface area (Å²) in [5.41, 5.74) is 1.80. The summed E-state index contributed by atoms with van der Waals surface area (Å²) in [4.78, 5) is 16.6. The molecule has 25 heavy (non-hydrogen) atoms. The predicted octanol–water partition coefficient (Wildman–Crippen LogP) is 4.11. The van der Waals surface area contributed by atoms with Crippen LogP contribution < -0.4 is 10.1 Å². The van der Waals surface area contributed by atoms with E-state index in [1.54, 1.807) is 18.5 Å². The number of carbonyl (C=O) groups excluding carboxylic acids is 1. The Labute approximate surface area is 149 Å². The van der Waals surface area contributed by atoms with Crippen LogP contribution in [0.5, 0.6) is 5.75 Å². The molecule has 1 N–H and O–H groups in total. The number of fused-ring (bicyclic) bond motifs is 1. The maximum absolute atomic E-state index is 12.5. The molecular formula is C19H17ClN2O3. The van der Waals surface area contributed by atoms with Crippen LogP contribution in [0, 0.1) is 5.92 Å². The average molecular weight is 357 g/mol. The summed E-state index contributed by atoms with van der Waals surface area (Å²) < 4.78 is 11.1. The minimum absolute atomic E-state index is 0.241. The van der Waals surface area contributed by atoms with Crippen LogP contribution in [-0.2, 0) is 6.54 Å². The van der Waals surface area contributed by atoms with Gasteiger partial charge in [0.05, 0.1) is 11.8 Å². The van der Waals surface area contributed by atoms with Crippen LogP contribution in [0.25, 0.3) is 11.0 Å². The Kier molecular flexibility index (Phi) is 4.32. The number of amides is 1. The lowest BCUT2D eigenvalue weighted by atomic mass is 10.1. The predicted molar refractivity (Wildman–Crippen MR) is 94.6 cm³/mol. The number of ether oxygens (including phenoxy) is 1. The minimum Gasteiger partial charge on any atom is -0.473 e. The van der Waals surface area contributed by atoms with Crippen LogP contribution in [0.2, 0.25) is 0 Å². The van der Waals surface area contributed by atoms with Gasteiger partial charge in [-0.25, -0.2) is 0 Å². The molecule has 0 spiro atoms. The van der Waals surface area contributed by atoms with Gasteiger partial charge in [0.25, 0.3) is 5.91 Å². The summed E-state index contributed by atoms with van der Waals surface area (Å²) >= 11 is 6.22. The van der Waals surface area contributed by atoms with Crippen LogP contribution in [0.1, 0.15) is 28.8 Å². The zero-order chi connectivity index (χ0) is 17.2. The Hall–Kier alpha value is -2.53. The van der Waals surface area contributed by atoms with Gasteiger partial charge >= 0.3 is 0 Å². The first-order valence-electron chi connectivity index (χ1n) is 8.20. The van der Waals surface area contributed by atoms with Gasteiger partial charge in [-0.1, -0.05) is 17.7 Å². The van der Waals surface area contributed by atoms with Gasteiger partial charge in [-0.2, -0.15) is 0 Å². The Morgan fingerprint density at radius 2 is 2.24 bits per heavy atom. The van der Waals surface area contributed by atoms with Gasteiger partial charge in [-0.15, -0.1) is 0 Å². The van der Waals surface area contributed by atoms with E-state index in [0.717, 1.165) is 29.4 Å². The van der Waals surface area contributed by atoms with Crippen LogP contribution >= 0.6 is 11.6 Å². The van der Waals surface area contributed by atoms with E-state index in [9.17, 15) is 4.79 Å². The Bertz CT molecular complexity index is 904. The van der Waals surface area contributed by atoms with E-state index < -0.39 is 5.56 Å². The second-order valence-corrected chi connectivity index (χ2v) is 6.58. The molecule has 1 saturated carbocycles. The Balaban J connectivity index is 1.45. The third-order valence-corrected chi connectivity index (χ3v) is 4.67. The maximum Gasteiger partial charge on any atom is 0.256 e. The lowest BCUT2D eigenvalue weighted by Crippen LogP contribution is -2.24. The van der Waals surface area contributed by atoms with Crippen molar-refractivity contribution in [1.82, 2.24) is 10.3 Å². The number of benzene rings is 1. The molecule has 1 aliphatic carbocycles.